The molecule has 1 fully saturated rings. The molecule has 2 aromatic rings. The van der Waals surface area contributed by atoms with Crippen LogP contribution in [0.2, 0.25) is 5.02 Å². The van der Waals surface area contributed by atoms with E-state index in [1.165, 1.54) is 0 Å². The van der Waals surface area contributed by atoms with Gasteiger partial charge >= 0.3 is 0 Å². The van der Waals surface area contributed by atoms with Gasteiger partial charge in [-0.3, -0.25) is 9.59 Å². The predicted octanol–water partition coefficient (Wildman–Crippen LogP) is 3.50. The van der Waals surface area contributed by atoms with E-state index in [0.29, 0.717) is 37.5 Å². The zero-order valence-electron chi connectivity index (χ0n) is 14.9. The second kappa shape index (κ2) is 8.18. The molecule has 0 N–H and O–H groups in total. The molecule has 1 saturated heterocycles. The molecular formula is C19H22ClN3O2S. The van der Waals surface area contributed by atoms with Gasteiger partial charge in [0.15, 0.2) is 0 Å². The summed E-state index contributed by atoms with van der Waals surface area (Å²) in [5.41, 5.74) is 1.99. The summed E-state index contributed by atoms with van der Waals surface area (Å²) in [7, 11) is 1.80. The van der Waals surface area contributed by atoms with Gasteiger partial charge in [0.05, 0.1) is 12.5 Å². The van der Waals surface area contributed by atoms with Gasteiger partial charge in [0, 0.05) is 42.7 Å². The quantitative estimate of drug-likeness (QED) is 0.783. The summed E-state index contributed by atoms with van der Waals surface area (Å²) in [6.45, 7) is 3.43. The lowest BCUT2D eigenvalue weighted by Crippen LogP contribution is -2.45. The van der Waals surface area contributed by atoms with E-state index >= 15 is 0 Å². The fourth-order valence-corrected chi connectivity index (χ4v) is 4.10. The number of nitrogens with zero attached hydrogens (tertiary/aromatic N) is 3. The predicted molar refractivity (Wildman–Crippen MR) is 103 cm³/mol. The van der Waals surface area contributed by atoms with Crippen molar-refractivity contribution in [3.63, 3.8) is 0 Å². The Morgan fingerprint density at radius 2 is 2.12 bits per heavy atom. The average Bonchev–Trinajstić information content (AvgIpc) is 3.03. The summed E-state index contributed by atoms with van der Waals surface area (Å²) < 4.78 is 0. The summed E-state index contributed by atoms with van der Waals surface area (Å²) in [5.74, 6) is 0.0136. The van der Waals surface area contributed by atoms with Crippen LogP contribution in [0, 0.1) is 12.8 Å². The minimum Gasteiger partial charge on any atom is -0.339 e. The number of amides is 2. The molecule has 0 unspecified atom stereocenters. The van der Waals surface area contributed by atoms with Gasteiger partial charge < -0.3 is 9.80 Å². The molecular weight excluding hydrogens is 370 g/mol. The number of hydrogen-bond acceptors (Lipinski definition) is 4. The van der Waals surface area contributed by atoms with Gasteiger partial charge in [-0.15, -0.1) is 11.3 Å². The van der Waals surface area contributed by atoms with Crippen LogP contribution in [0.5, 0.6) is 0 Å². The maximum Gasteiger partial charge on any atom is 0.227 e. The number of carbonyl (C=O) groups excluding carboxylic acids is 2. The van der Waals surface area contributed by atoms with Gasteiger partial charge in [-0.1, -0.05) is 23.7 Å². The maximum absolute atomic E-state index is 12.8. The molecule has 5 nitrogen and oxygen atoms in total. The highest BCUT2D eigenvalue weighted by atomic mass is 35.5. The summed E-state index contributed by atoms with van der Waals surface area (Å²) in [4.78, 5) is 33.0. The molecule has 1 atom stereocenters. The number of rotatable bonds is 5. The van der Waals surface area contributed by atoms with E-state index in [0.717, 1.165) is 16.3 Å². The van der Waals surface area contributed by atoms with Crippen LogP contribution in [-0.4, -0.2) is 40.2 Å². The van der Waals surface area contributed by atoms with Crippen LogP contribution in [0.15, 0.2) is 29.6 Å². The number of likely N-dealkylation sites (tertiary alicyclic amines) is 1. The number of aromatic nitrogens is 1. The molecule has 1 aliphatic rings. The minimum atomic E-state index is -0.161. The van der Waals surface area contributed by atoms with Crippen LogP contribution in [0.25, 0.3) is 0 Å². The second-order valence-corrected chi connectivity index (χ2v) is 8.09. The number of halogens is 1. The summed E-state index contributed by atoms with van der Waals surface area (Å²) in [5, 5.41) is 3.59. The van der Waals surface area contributed by atoms with E-state index < -0.39 is 0 Å². The Kier molecular flexibility index (Phi) is 5.94. The lowest BCUT2D eigenvalue weighted by atomic mass is 9.95. The third-order valence-electron chi connectivity index (χ3n) is 4.55. The molecule has 2 heterocycles. The van der Waals surface area contributed by atoms with Crippen molar-refractivity contribution < 1.29 is 9.59 Å². The van der Waals surface area contributed by atoms with Crippen molar-refractivity contribution in [1.82, 2.24) is 14.8 Å². The van der Waals surface area contributed by atoms with Crippen LogP contribution in [0.1, 0.15) is 29.1 Å². The number of benzene rings is 1. The number of carbonyl (C=O) groups is 2. The van der Waals surface area contributed by atoms with Gasteiger partial charge in [-0.25, -0.2) is 4.98 Å². The molecule has 0 aliphatic carbocycles. The Morgan fingerprint density at radius 1 is 1.38 bits per heavy atom. The lowest BCUT2D eigenvalue weighted by Gasteiger charge is -2.33. The first-order valence-electron chi connectivity index (χ1n) is 8.60. The van der Waals surface area contributed by atoms with Gasteiger partial charge in [0.1, 0.15) is 5.01 Å². The standard InChI is InChI=1S/C19H22ClN3O2S/c1-13-12-26-17(21-13)11-22(2)19(25)15-5-8-18(24)23(10-15)9-14-3-6-16(20)7-4-14/h3-4,6-7,12,15H,5,8-11H2,1-2H3/t15-/m1/s1. The van der Waals surface area contributed by atoms with Crippen molar-refractivity contribution >= 4 is 34.8 Å². The molecule has 0 bridgehead atoms. The number of thiazole rings is 1. The third-order valence-corrected chi connectivity index (χ3v) is 5.75. The third kappa shape index (κ3) is 4.62. The minimum absolute atomic E-state index is 0.0754. The molecule has 1 aromatic heterocycles. The van der Waals surface area contributed by atoms with Gasteiger partial charge in [-0.05, 0) is 31.0 Å². The van der Waals surface area contributed by atoms with Crippen molar-refractivity contribution in [2.75, 3.05) is 13.6 Å². The zero-order valence-corrected chi connectivity index (χ0v) is 16.5. The van der Waals surface area contributed by atoms with E-state index in [1.54, 1.807) is 28.2 Å². The van der Waals surface area contributed by atoms with E-state index in [1.807, 2.05) is 36.6 Å². The van der Waals surface area contributed by atoms with Gasteiger partial charge in [0.2, 0.25) is 11.8 Å². The Hall–Kier alpha value is -1.92. The van der Waals surface area contributed by atoms with Crippen molar-refractivity contribution in [1.29, 1.82) is 0 Å². The fourth-order valence-electron chi connectivity index (χ4n) is 3.15. The van der Waals surface area contributed by atoms with E-state index in [9.17, 15) is 9.59 Å². The highest BCUT2D eigenvalue weighted by Gasteiger charge is 2.32. The summed E-state index contributed by atoms with van der Waals surface area (Å²) >= 11 is 7.48. The maximum atomic E-state index is 12.8. The second-order valence-electron chi connectivity index (χ2n) is 6.71. The molecule has 0 spiro atoms. The van der Waals surface area contributed by atoms with E-state index in [2.05, 4.69) is 4.98 Å². The first kappa shape index (κ1) is 18.9. The number of aryl methyl sites for hydroxylation is 1. The number of hydrogen-bond donors (Lipinski definition) is 0. The molecule has 0 radical (unpaired) electrons. The Morgan fingerprint density at radius 3 is 2.77 bits per heavy atom. The summed E-state index contributed by atoms with van der Waals surface area (Å²) in [6.07, 6.45) is 1.02. The molecule has 0 saturated carbocycles. The van der Waals surface area contributed by atoms with Crippen LogP contribution >= 0.6 is 22.9 Å². The normalized spacial score (nSPS) is 17.4. The molecule has 26 heavy (non-hydrogen) atoms. The Labute approximate surface area is 162 Å². The molecule has 1 aliphatic heterocycles. The molecule has 3 rings (SSSR count). The lowest BCUT2D eigenvalue weighted by molar-refractivity contribution is -0.143. The van der Waals surface area contributed by atoms with Crippen LogP contribution < -0.4 is 0 Å². The molecule has 1 aromatic carbocycles. The van der Waals surface area contributed by atoms with Crippen molar-refractivity contribution in [3.8, 4) is 0 Å². The first-order valence-corrected chi connectivity index (χ1v) is 9.86. The van der Waals surface area contributed by atoms with Crippen LogP contribution in [0.4, 0.5) is 0 Å². The molecule has 138 valence electrons. The molecule has 7 heteroatoms. The van der Waals surface area contributed by atoms with E-state index in [4.69, 9.17) is 11.6 Å². The zero-order chi connectivity index (χ0) is 18.7. The smallest absolute Gasteiger partial charge is 0.227 e. The van der Waals surface area contributed by atoms with E-state index in [-0.39, 0.29) is 17.7 Å². The average molecular weight is 392 g/mol. The van der Waals surface area contributed by atoms with Crippen molar-refractivity contribution in [3.05, 3.63) is 50.9 Å². The topological polar surface area (TPSA) is 53.5 Å². The van der Waals surface area contributed by atoms with Gasteiger partial charge in [0.25, 0.3) is 0 Å². The first-order chi connectivity index (χ1) is 12.4. The largest absolute Gasteiger partial charge is 0.339 e. The van der Waals surface area contributed by atoms with Crippen molar-refractivity contribution in [2.45, 2.75) is 32.9 Å². The Balaban J connectivity index is 1.61. The SMILES string of the molecule is Cc1csc(CN(C)C(=O)[C@@H]2CCC(=O)N(Cc3ccc(Cl)cc3)C2)n1. The van der Waals surface area contributed by atoms with Crippen LogP contribution in [0.3, 0.4) is 0 Å². The fraction of sp³-hybridized carbons (Fsp3) is 0.421. The highest BCUT2D eigenvalue weighted by Crippen LogP contribution is 2.23. The van der Waals surface area contributed by atoms with Crippen molar-refractivity contribution in [2.24, 2.45) is 5.92 Å². The Bertz CT molecular complexity index is 790. The molecule has 2 amide bonds. The van der Waals surface area contributed by atoms with Crippen LogP contribution in [-0.2, 0) is 22.7 Å². The number of piperidine rings is 1. The van der Waals surface area contributed by atoms with Gasteiger partial charge in [-0.2, -0.15) is 0 Å². The monoisotopic (exact) mass is 391 g/mol. The summed E-state index contributed by atoms with van der Waals surface area (Å²) in [6, 6.07) is 7.46. The highest BCUT2D eigenvalue weighted by molar-refractivity contribution is 7.09.